The zero-order valence-electron chi connectivity index (χ0n) is 13.7. The summed E-state index contributed by atoms with van der Waals surface area (Å²) in [6, 6.07) is 6.05. The van der Waals surface area contributed by atoms with Crippen LogP contribution < -0.4 is 14.4 Å². The SMILES string of the molecule is Cc1cc(N2CCC(C(O)CO)CC2)c2cc3c(cc2n1)OCO3. The second-order valence-corrected chi connectivity index (χ2v) is 6.58. The first-order valence-electron chi connectivity index (χ1n) is 8.40. The number of hydrogen-bond donors (Lipinski definition) is 2. The number of aliphatic hydroxyl groups excluding tert-OH is 2. The van der Waals surface area contributed by atoms with Crippen LogP contribution in [0, 0.1) is 12.8 Å². The number of piperidine rings is 1. The molecule has 4 rings (SSSR count). The van der Waals surface area contributed by atoms with Crippen LogP contribution in [0.25, 0.3) is 10.9 Å². The highest BCUT2D eigenvalue weighted by atomic mass is 16.7. The fourth-order valence-electron chi connectivity index (χ4n) is 3.66. The summed E-state index contributed by atoms with van der Waals surface area (Å²) in [5.41, 5.74) is 3.02. The molecule has 6 nitrogen and oxygen atoms in total. The largest absolute Gasteiger partial charge is 0.454 e. The molecular formula is C18H22N2O4. The number of aryl methyl sites for hydroxylation is 1. The lowest BCUT2D eigenvalue weighted by Gasteiger charge is -2.35. The Kier molecular flexibility index (Phi) is 3.94. The van der Waals surface area contributed by atoms with Crippen molar-refractivity contribution in [2.45, 2.75) is 25.9 Å². The van der Waals surface area contributed by atoms with Gasteiger partial charge in [0.15, 0.2) is 11.5 Å². The molecule has 128 valence electrons. The minimum Gasteiger partial charge on any atom is -0.454 e. The first-order valence-corrected chi connectivity index (χ1v) is 8.40. The van der Waals surface area contributed by atoms with Gasteiger partial charge in [0.1, 0.15) is 0 Å². The van der Waals surface area contributed by atoms with E-state index in [-0.39, 0.29) is 19.3 Å². The molecule has 1 unspecified atom stereocenters. The van der Waals surface area contributed by atoms with Crippen molar-refractivity contribution in [3.8, 4) is 11.5 Å². The van der Waals surface area contributed by atoms with E-state index in [2.05, 4.69) is 16.0 Å². The van der Waals surface area contributed by atoms with Crippen LogP contribution in [0.1, 0.15) is 18.5 Å². The van der Waals surface area contributed by atoms with Crippen LogP contribution in [0.5, 0.6) is 11.5 Å². The molecule has 2 N–H and O–H groups in total. The third-order valence-corrected chi connectivity index (χ3v) is 5.02. The third-order valence-electron chi connectivity index (χ3n) is 5.02. The van der Waals surface area contributed by atoms with E-state index in [0.717, 1.165) is 59.7 Å². The van der Waals surface area contributed by atoms with Crippen LogP contribution in [-0.4, -0.2) is 47.8 Å². The number of anilines is 1. The van der Waals surface area contributed by atoms with Crippen molar-refractivity contribution in [2.75, 3.05) is 31.4 Å². The number of hydrogen-bond acceptors (Lipinski definition) is 6. The van der Waals surface area contributed by atoms with Crippen molar-refractivity contribution in [3.05, 3.63) is 23.9 Å². The van der Waals surface area contributed by atoms with E-state index < -0.39 is 6.10 Å². The normalized spacial score (nSPS) is 19.0. The lowest BCUT2D eigenvalue weighted by molar-refractivity contribution is 0.0377. The highest BCUT2D eigenvalue weighted by Crippen LogP contribution is 2.39. The molecule has 1 fully saturated rings. The predicted octanol–water partition coefficient (Wildman–Crippen LogP) is 1.84. The number of fused-ring (bicyclic) bond motifs is 2. The van der Waals surface area contributed by atoms with E-state index in [4.69, 9.17) is 14.6 Å². The smallest absolute Gasteiger partial charge is 0.231 e. The maximum absolute atomic E-state index is 9.85. The van der Waals surface area contributed by atoms with Gasteiger partial charge < -0.3 is 24.6 Å². The molecule has 2 aliphatic rings. The average Bonchev–Trinajstić information content (AvgIpc) is 3.06. The minimum absolute atomic E-state index is 0.161. The van der Waals surface area contributed by atoms with Crippen molar-refractivity contribution in [3.63, 3.8) is 0 Å². The van der Waals surface area contributed by atoms with Crippen molar-refractivity contribution in [2.24, 2.45) is 5.92 Å². The van der Waals surface area contributed by atoms with E-state index >= 15 is 0 Å². The van der Waals surface area contributed by atoms with Gasteiger partial charge in [-0.3, -0.25) is 4.98 Å². The van der Waals surface area contributed by atoms with Gasteiger partial charge in [0.2, 0.25) is 6.79 Å². The quantitative estimate of drug-likeness (QED) is 0.894. The molecule has 2 aliphatic heterocycles. The molecular weight excluding hydrogens is 308 g/mol. The standard InChI is InChI=1S/C18H22N2O4/c1-11-6-15(20-4-2-12(3-5-20)16(22)9-21)13-7-17-18(24-10-23-17)8-14(13)19-11/h6-8,12,16,21-22H,2-5,9-10H2,1H3. The van der Waals surface area contributed by atoms with Crippen LogP contribution in [0.3, 0.4) is 0 Å². The molecule has 24 heavy (non-hydrogen) atoms. The van der Waals surface area contributed by atoms with Gasteiger partial charge in [0, 0.05) is 35.9 Å². The Morgan fingerprint density at radius 2 is 1.92 bits per heavy atom. The number of pyridine rings is 1. The first kappa shape index (κ1) is 15.5. The Balaban J connectivity index is 1.67. The summed E-state index contributed by atoms with van der Waals surface area (Å²) in [4.78, 5) is 6.96. The summed E-state index contributed by atoms with van der Waals surface area (Å²) in [5, 5.41) is 20.1. The topological polar surface area (TPSA) is 75.1 Å². The van der Waals surface area contributed by atoms with Crippen LogP contribution in [0.4, 0.5) is 5.69 Å². The molecule has 6 heteroatoms. The summed E-state index contributed by atoms with van der Waals surface area (Å²) >= 11 is 0. The van der Waals surface area contributed by atoms with Gasteiger partial charge in [-0.2, -0.15) is 0 Å². The number of aromatic nitrogens is 1. The van der Waals surface area contributed by atoms with Gasteiger partial charge in [-0.05, 0) is 37.8 Å². The molecule has 0 spiro atoms. The van der Waals surface area contributed by atoms with Crippen LogP contribution >= 0.6 is 0 Å². The molecule has 1 atom stereocenters. The zero-order chi connectivity index (χ0) is 16.7. The summed E-state index contributed by atoms with van der Waals surface area (Å²) in [5.74, 6) is 1.68. The van der Waals surface area contributed by atoms with E-state index in [9.17, 15) is 5.11 Å². The van der Waals surface area contributed by atoms with E-state index in [1.54, 1.807) is 0 Å². The number of rotatable bonds is 3. The monoisotopic (exact) mass is 330 g/mol. The highest BCUT2D eigenvalue weighted by Gasteiger charge is 2.26. The van der Waals surface area contributed by atoms with Crippen LogP contribution in [-0.2, 0) is 0 Å². The number of nitrogens with zero attached hydrogens (tertiary/aromatic N) is 2. The van der Waals surface area contributed by atoms with Gasteiger partial charge >= 0.3 is 0 Å². The molecule has 1 aromatic carbocycles. The van der Waals surface area contributed by atoms with Crippen molar-refractivity contribution in [1.82, 2.24) is 4.98 Å². The second-order valence-electron chi connectivity index (χ2n) is 6.58. The van der Waals surface area contributed by atoms with Gasteiger partial charge in [-0.25, -0.2) is 0 Å². The highest BCUT2D eigenvalue weighted by molar-refractivity contribution is 5.94. The maximum Gasteiger partial charge on any atom is 0.231 e. The van der Waals surface area contributed by atoms with Gasteiger partial charge in [0.05, 0.1) is 18.2 Å². The lowest BCUT2D eigenvalue weighted by atomic mass is 9.91. The Morgan fingerprint density at radius 1 is 1.21 bits per heavy atom. The van der Waals surface area contributed by atoms with Gasteiger partial charge in [0.25, 0.3) is 0 Å². The Hall–Kier alpha value is -2.05. The van der Waals surface area contributed by atoms with Crippen molar-refractivity contribution < 1.29 is 19.7 Å². The van der Waals surface area contributed by atoms with Gasteiger partial charge in [-0.15, -0.1) is 0 Å². The van der Waals surface area contributed by atoms with Gasteiger partial charge in [-0.1, -0.05) is 0 Å². The molecule has 0 aliphatic carbocycles. The minimum atomic E-state index is -0.614. The fraction of sp³-hybridized carbons (Fsp3) is 0.500. The average molecular weight is 330 g/mol. The summed E-state index contributed by atoms with van der Waals surface area (Å²) in [7, 11) is 0. The van der Waals surface area contributed by atoms with E-state index in [1.807, 2.05) is 19.1 Å². The molecule has 1 aromatic heterocycles. The molecule has 0 saturated carbocycles. The number of aliphatic hydroxyl groups is 2. The predicted molar refractivity (Wildman–Crippen MR) is 90.6 cm³/mol. The number of benzene rings is 1. The second kappa shape index (κ2) is 6.11. The van der Waals surface area contributed by atoms with Crippen molar-refractivity contribution in [1.29, 1.82) is 0 Å². The molecule has 0 bridgehead atoms. The summed E-state index contributed by atoms with van der Waals surface area (Å²) in [6.45, 7) is 3.80. The summed E-state index contributed by atoms with van der Waals surface area (Å²) in [6.07, 6.45) is 1.13. The fourth-order valence-corrected chi connectivity index (χ4v) is 3.66. The Morgan fingerprint density at radius 3 is 2.62 bits per heavy atom. The molecule has 2 aromatic rings. The third kappa shape index (κ3) is 2.65. The van der Waals surface area contributed by atoms with Crippen LogP contribution in [0.2, 0.25) is 0 Å². The number of ether oxygens (including phenoxy) is 2. The molecule has 0 amide bonds. The zero-order valence-corrected chi connectivity index (χ0v) is 13.7. The molecule has 1 saturated heterocycles. The summed E-state index contributed by atoms with van der Waals surface area (Å²) < 4.78 is 11.0. The van der Waals surface area contributed by atoms with Crippen molar-refractivity contribution >= 4 is 16.6 Å². The van der Waals surface area contributed by atoms with E-state index in [0.29, 0.717) is 0 Å². The first-order chi connectivity index (χ1) is 11.7. The van der Waals surface area contributed by atoms with Crippen LogP contribution in [0.15, 0.2) is 18.2 Å². The Bertz CT molecular complexity index is 756. The maximum atomic E-state index is 9.85. The van der Waals surface area contributed by atoms with E-state index in [1.165, 1.54) is 0 Å². The molecule has 0 radical (unpaired) electrons. The Labute approximate surface area is 140 Å². The lowest BCUT2D eigenvalue weighted by Crippen LogP contribution is -2.39. The molecule has 3 heterocycles.